The summed E-state index contributed by atoms with van der Waals surface area (Å²) in [6, 6.07) is 3.69. The number of carbonyl (C=O) groups is 1. The van der Waals surface area contributed by atoms with E-state index in [9.17, 15) is 4.79 Å². The number of rotatable bonds is 2. The van der Waals surface area contributed by atoms with Gasteiger partial charge in [0.15, 0.2) is 0 Å². The molecule has 5 heteroatoms. The maximum absolute atomic E-state index is 10.5. The summed E-state index contributed by atoms with van der Waals surface area (Å²) in [7, 11) is 0. The second-order valence-electron chi connectivity index (χ2n) is 2.89. The molecule has 14 heavy (non-hydrogen) atoms. The van der Waals surface area contributed by atoms with E-state index in [4.69, 9.17) is 5.11 Å². The number of carboxylic acid groups (broad SMARTS) is 1. The van der Waals surface area contributed by atoms with Crippen LogP contribution < -0.4 is 0 Å². The largest absolute Gasteiger partial charge is 0.481 e. The van der Waals surface area contributed by atoms with Crippen LogP contribution >= 0.6 is 27.5 Å². The number of aliphatic carboxylic acids is 1. The van der Waals surface area contributed by atoms with Crippen molar-refractivity contribution in [2.45, 2.75) is 6.42 Å². The second kappa shape index (κ2) is 3.67. The van der Waals surface area contributed by atoms with E-state index < -0.39 is 5.97 Å². The predicted octanol–water partition coefficient (Wildman–Crippen LogP) is 2.69. The van der Waals surface area contributed by atoms with Crippen LogP contribution in [0.15, 0.2) is 22.8 Å². The Kier molecular flexibility index (Phi) is 2.52. The van der Waals surface area contributed by atoms with Crippen molar-refractivity contribution in [3.05, 3.63) is 28.4 Å². The predicted molar refractivity (Wildman–Crippen MR) is 58.7 cm³/mol. The lowest BCUT2D eigenvalue weighted by Crippen LogP contribution is -1.99. The lowest BCUT2D eigenvalue weighted by Gasteiger charge is -1.99. The van der Waals surface area contributed by atoms with Crippen molar-refractivity contribution in [1.82, 2.24) is 4.37 Å². The van der Waals surface area contributed by atoms with Gasteiger partial charge < -0.3 is 5.11 Å². The molecule has 1 aromatic carbocycles. The third kappa shape index (κ3) is 1.78. The monoisotopic (exact) mass is 271 g/mol. The number of carboxylic acids is 1. The third-order valence-electron chi connectivity index (χ3n) is 1.82. The molecule has 0 aliphatic heterocycles. The van der Waals surface area contributed by atoms with Gasteiger partial charge >= 0.3 is 5.97 Å². The van der Waals surface area contributed by atoms with Crippen LogP contribution in [0.3, 0.4) is 0 Å². The first-order chi connectivity index (χ1) is 6.66. The Hall–Kier alpha value is -0.940. The second-order valence-corrected chi connectivity index (χ2v) is 4.55. The van der Waals surface area contributed by atoms with Gasteiger partial charge in [-0.05, 0) is 45.2 Å². The molecule has 0 fully saturated rings. The quantitative estimate of drug-likeness (QED) is 0.914. The molecule has 0 atom stereocenters. The SMILES string of the molecule is O=C(O)Cc1cc(Br)c2sncc2c1. The molecule has 0 saturated heterocycles. The van der Waals surface area contributed by atoms with Gasteiger partial charge in [0, 0.05) is 16.1 Å². The van der Waals surface area contributed by atoms with Crippen LogP contribution in [0.2, 0.25) is 0 Å². The normalized spacial score (nSPS) is 10.6. The summed E-state index contributed by atoms with van der Waals surface area (Å²) in [4.78, 5) is 10.5. The van der Waals surface area contributed by atoms with Crippen LogP contribution in [0, 0.1) is 0 Å². The third-order valence-corrected chi connectivity index (χ3v) is 3.56. The van der Waals surface area contributed by atoms with Gasteiger partial charge in [-0.15, -0.1) is 0 Å². The number of hydrogen-bond donors (Lipinski definition) is 1. The summed E-state index contributed by atoms with van der Waals surface area (Å²) >= 11 is 4.79. The molecular formula is C9H6BrNO2S. The van der Waals surface area contributed by atoms with Crippen molar-refractivity contribution < 1.29 is 9.90 Å². The van der Waals surface area contributed by atoms with Crippen LogP contribution in [0.4, 0.5) is 0 Å². The molecule has 1 N–H and O–H groups in total. The summed E-state index contributed by atoms with van der Waals surface area (Å²) in [5.41, 5.74) is 0.789. The molecular weight excluding hydrogens is 266 g/mol. The van der Waals surface area contributed by atoms with E-state index >= 15 is 0 Å². The van der Waals surface area contributed by atoms with Crippen molar-refractivity contribution in [3.8, 4) is 0 Å². The molecule has 0 bridgehead atoms. The fraction of sp³-hybridized carbons (Fsp3) is 0.111. The molecule has 0 radical (unpaired) electrons. The standard InChI is InChI=1S/C9H6BrNO2S/c10-7-2-5(3-8(12)13)1-6-4-11-14-9(6)7/h1-2,4H,3H2,(H,12,13). The minimum absolute atomic E-state index is 0.0460. The Labute approximate surface area is 92.7 Å². The van der Waals surface area contributed by atoms with Crippen LogP contribution in [-0.2, 0) is 11.2 Å². The van der Waals surface area contributed by atoms with Crippen LogP contribution in [0.1, 0.15) is 5.56 Å². The number of nitrogens with zero attached hydrogens (tertiary/aromatic N) is 1. The molecule has 72 valence electrons. The first kappa shape index (κ1) is 9.61. The van der Waals surface area contributed by atoms with E-state index in [0.717, 1.165) is 20.1 Å². The molecule has 1 heterocycles. The Bertz CT molecular complexity index is 495. The van der Waals surface area contributed by atoms with E-state index in [1.54, 1.807) is 6.20 Å². The summed E-state index contributed by atoms with van der Waals surface area (Å²) < 4.78 is 6.01. The smallest absolute Gasteiger partial charge is 0.307 e. The molecule has 0 aliphatic rings. The van der Waals surface area contributed by atoms with Crippen LogP contribution in [0.5, 0.6) is 0 Å². The van der Waals surface area contributed by atoms with Gasteiger partial charge in [-0.25, -0.2) is 0 Å². The Morgan fingerprint density at radius 3 is 3.07 bits per heavy atom. The van der Waals surface area contributed by atoms with Crippen molar-refractivity contribution in [2.75, 3.05) is 0 Å². The van der Waals surface area contributed by atoms with E-state index in [2.05, 4.69) is 20.3 Å². The molecule has 1 aromatic heterocycles. The number of hydrogen-bond acceptors (Lipinski definition) is 3. The molecule has 0 saturated carbocycles. The summed E-state index contributed by atoms with van der Waals surface area (Å²) in [6.07, 6.45) is 1.79. The van der Waals surface area contributed by atoms with Gasteiger partial charge in [-0.3, -0.25) is 4.79 Å². The summed E-state index contributed by atoms with van der Waals surface area (Å²) in [5.74, 6) is -0.820. The van der Waals surface area contributed by atoms with Gasteiger partial charge in [-0.1, -0.05) is 0 Å². The molecule has 3 nitrogen and oxygen atoms in total. The fourth-order valence-corrected chi connectivity index (χ4v) is 2.65. The topological polar surface area (TPSA) is 50.2 Å². The minimum atomic E-state index is -0.820. The highest BCUT2D eigenvalue weighted by Gasteiger charge is 2.06. The summed E-state index contributed by atoms with van der Waals surface area (Å²) in [5, 5.41) is 9.64. The van der Waals surface area contributed by atoms with Gasteiger partial charge in [0.25, 0.3) is 0 Å². The van der Waals surface area contributed by atoms with Crippen molar-refractivity contribution >= 4 is 43.5 Å². The molecule has 0 spiro atoms. The van der Waals surface area contributed by atoms with Crippen molar-refractivity contribution in [1.29, 1.82) is 0 Å². The highest BCUT2D eigenvalue weighted by Crippen LogP contribution is 2.28. The average Bonchev–Trinajstić information content (AvgIpc) is 2.50. The maximum Gasteiger partial charge on any atom is 0.307 e. The van der Waals surface area contributed by atoms with E-state index in [0.29, 0.717) is 0 Å². The Balaban J connectivity index is 2.53. The lowest BCUT2D eigenvalue weighted by molar-refractivity contribution is -0.136. The van der Waals surface area contributed by atoms with Crippen LogP contribution in [-0.4, -0.2) is 15.4 Å². The van der Waals surface area contributed by atoms with E-state index in [1.165, 1.54) is 11.5 Å². The number of aromatic nitrogens is 1. The van der Waals surface area contributed by atoms with Gasteiger partial charge in [0.05, 0.1) is 11.1 Å². The molecule has 2 aromatic rings. The zero-order valence-electron chi connectivity index (χ0n) is 7.03. The fourth-order valence-electron chi connectivity index (χ4n) is 1.28. The van der Waals surface area contributed by atoms with Gasteiger partial charge in [-0.2, -0.15) is 4.37 Å². The average molecular weight is 272 g/mol. The van der Waals surface area contributed by atoms with Crippen molar-refractivity contribution in [3.63, 3.8) is 0 Å². The highest BCUT2D eigenvalue weighted by molar-refractivity contribution is 9.10. The Morgan fingerprint density at radius 1 is 1.57 bits per heavy atom. The maximum atomic E-state index is 10.5. The molecule has 0 unspecified atom stereocenters. The van der Waals surface area contributed by atoms with Gasteiger partial charge in [0.1, 0.15) is 0 Å². The molecule has 0 aliphatic carbocycles. The highest BCUT2D eigenvalue weighted by atomic mass is 79.9. The minimum Gasteiger partial charge on any atom is -0.481 e. The molecule has 2 rings (SSSR count). The molecule has 0 amide bonds. The van der Waals surface area contributed by atoms with E-state index in [1.807, 2.05) is 12.1 Å². The number of fused-ring (bicyclic) bond motifs is 1. The summed E-state index contributed by atoms with van der Waals surface area (Å²) in [6.45, 7) is 0. The first-order valence-electron chi connectivity index (χ1n) is 3.91. The zero-order valence-corrected chi connectivity index (χ0v) is 9.43. The number of halogens is 1. The van der Waals surface area contributed by atoms with Crippen LogP contribution in [0.25, 0.3) is 10.1 Å². The zero-order chi connectivity index (χ0) is 10.1. The Morgan fingerprint density at radius 2 is 2.36 bits per heavy atom. The van der Waals surface area contributed by atoms with Crippen molar-refractivity contribution in [2.24, 2.45) is 0 Å². The first-order valence-corrected chi connectivity index (χ1v) is 5.48. The number of benzene rings is 1. The van der Waals surface area contributed by atoms with E-state index in [-0.39, 0.29) is 6.42 Å². The lowest BCUT2D eigenvalue weighted by atomic mass is 10.1. The van der Waals surface area contributed by atoms with Gasteiger partial charge in [0.2, 0.25) is 0 Å².